The van der Waals surface area contributed by atoms with Gasteiger partial charge in [0.2, 0.25) is 0 Å². The minimum absolute atomic E-state index is 0. The molecule has 0 saturated carbocycles. The molecule has 1 aliphatic rings. The van der Waals surface area contributed by atoms with E-state index in [0.29, 0.717) is 0 Å². The molecule has 2 nitrogen and oxygen atoms in total. The fourth-order valence-electron chi connectivity index (χ4n) is 1.81. The smallest absolute Gasteiger partial charge is 0.0124 e. The van der Waals surface area contributed by atoms with Gasteiger partial charge in [-0.25, -0.2) is 0 Å². The first-order valence-corrected chi connectivity index (χ1v) is 5.65. The maximum atomic E-state index is 12.8. The second-order valence-electron chi connectivity index (χ2n) is 3.96. The van der Waals surface area contributed by atoms with Crippen molar-refractivity contribution in [1.82, 2.24) is 0 Å². The first-order valence-electron chi connectivity index (χ1n) is 5.65. The maximum Gasteiger partial charge on any atom is 0.0124 e. The van der Waals surface area contributed by atoms with Crippen LogP contribution in [0.15, 0.2) is 60.9 Å². The number of hydrogen-bond donors (Lipinski definition) is 0. The van der Waals surface area contributed by atoms with Crippen LogP contribution in [-0.2, 0) is 20.1 Å². The van der Waals surface area contributed by atoms with Gasteiger partial charge in [-0.2, -0.15) is 6.07 Å². The molecular formula is C15H11FIrN2-2. The fraction of sp³-hybridized carbons (Fsp3) is 0. The maximum absolute atomic E-state index is 12.8. The largest absolute Gasteiger partial charge is 0.500 e. The van der Waals surface area contributed by atoms with E-state index in [9.17, 15) is 4.39 Å². The molecule has 0 saturated heterocycles. The molecule has 3 rings (SSSR count). The molecule has 1 heterocycles. The molecule has 19 heavy (non-hydrogen) atoms. The van der Waals surface area contributed by atoms with E-state index in [-0.39, 0.29) is 25.9 Å². The summed E-state index contributed by atoms with van der Waals surface area (Å²) in [5, 5.41) is 0. The number of benzene rings is 2. The van der Waals surface area contributed by atoms with Gasteiger partial charge in [0.1, 0.15) is 0 Å². The number of hydrogen-bond acceptors (Lipinski definition) is 2. The number of nitrogens with zero attached hydrogens (tertiary/aromatic N) is 2. The summed E-state index contributed by atoms with van der Waals surface area (Å²) in [5.74, 6) is -0.276. The van der Waals surface area contributed by atoms with Gasteiger partial charge >= 0.3 is 0 Å². The normalized spacial score (nSPS) is 13.5. The van der Waals surface area contributed by atoms with Gasteiger partial charge in [0, 0.05) is 31.6 Å². The van der Waals surface area contributed by atoms with E-state index in [1.165, 1.54) is 12.1 Å². The minimum Gasteiger partial charge on any atom is -0.500 e. The zero-order chi connectivity index (χ0) is 12.4. The van der Waals surface area contributed by atoms with Crippen molar-refractivity contribution >= 4 is 11.4 Å². The molecule has 0 bridgehead atoms. The number of halogens is 1. The molecule has 0 unspecified atom stereocenters. The SMILES string of the molecule is Fc1c[c-]c(N2C=CN(c3ccccc3)[CH-]2)cc1.[Ir]. The minimum atomic E-state index is -0.276. The quantitative estimate of drug-likeness (QED) is 0.673. The summed E-state index contributed by atoms with van der Waals surface area (Å²) in [6.07, 6.45) is 3.86. The van der Waals surface area contributed by atoms with E-state index in [1.54, 1.807) is 6.07 Å². The van der Waals surface area contributed by atoms with Crippen molar-refractivity contribution in [3.8, 4) is 0 Å². The van der Waals surface area contributed by atoms with E-state index < -0.39 is 0 Å². The molecule has 2 aromatic rings. The van der Waals surface area contributed by atoms with Crippen molar-refractivity contribution in [1.29, 1.82) is 0 Å². The second-order valence-corrected chi connectivity index (χ2v) is 3.96. The first kappa shape index (κ1) is 13.8. The Morgan fingerprint density at radius 3 is 2.37 bits per heavy atom. The Kier molecular flexibility index (Phi) is 4.35. The van der Waals surface area contributed by atoms with Crippen LogP contribution in [0.3, 0.4) is 0 Å². The molecule has 0 aliphatic carbocycles. The van der Waals surface area contributed by atoms with Crippen LogP contribution in [0.25, 0.3) is 0 Å². The van der Waals surface area contributed by atoms with Crippen LogP contribution in [-0.4, -0.2) is 0 Å². The van der Waals surface area contributed by atoms with Crippen molar-refractivity contribution in [3.05, 3.63) is 79.5 Å². The third-order valence-electron chi connectivity index (χ3n) is 2.73. The molecule has 0 aromatic heterocycles. The third-order valence-corrected chi connectivity index (χ3v) is 2.73. The summed E-state index contributed by atoms with van der Waals surface area (Å²) in [6.45, 7) is 1.93. The van der Waals surface area contributed by atoms with E-state index in [0.717, 1.165) is 11.4 Å². The molecule has 0 N–H and O–H groups in total. The van der Waals surface area contributed by atoms with Crippen LogP contribution in [0.2, 0.25) is 0 Å². The molecule has 4 heteroatoms. The standard InChI is InChI=1S/C15H11FN2.Ir/c16-13-6-8-15(9-7-13)18-11-10-17(12-18)14-4-2-1-3-5-14;/h1-8,10-12H;/q-2;. The van der Waals surface area contributed by atoms with Crippen molar-refractivity contribution in [3.63, 3.8) is 0 Å². The topological polar surface area (TPSA) is 6.48 Å². The summed E-state index contributed by atoms with van der Waals surface area (Å²) >= 11 is 0. The van der Waals surface area contributed by atoms with Crippen LogP contribution in [0.4, 0.5) is 15.8 Å². The molecule has 0 amide bonds. The monoisotopic (exact) mass is 431 g/mol. The van der Waals surface area contributed by atoms with E-state index in [1.807, 2.05) is 59.2 Å². The van der Waals surface area contributed by atoms with Crippen LogP contribution in [0.1, 0.15) is 0 Å². The zero-order valence-corrected chi connectivity index (χ0v) is 12.4. The van der Waals surface area contributed by atoms with Gasteiger partial charge in [0.05, 0.1) is 0 Å². The summed E-state index contributed by atoms with van der Waals surface area (Å²) in [7, 11) is 0. The average molecular weight is 430 g/mol. The van der Waals surface area contributed by atoms with Crippen molar-refractivity contribution in [2.45, 2.75) is 0 Å². The van der Waals surface area contributed by atoms with E-state index in [4.69, 9.17) is 0 Å². The Morgan fingerprint density at radius 1 is 0.947 bits per heavy atom. The molecule has 2 aromatic carbocycles. The number of para-hydroxylation sites is 1. The van der Waals surface area contributed by atoms with E-state index in [2.05, 4.69) is 6.07 Å². The fourth-order valence-corrected chi connectivity index (χ4v) is 1.81. The Bertz CT molecular complexity index is 554. The van der Waals surface area contributed by atoms with Gasteiger partial charge < -0.3 is 9.80 Å². The molecular weight excluding hydrogens is 419 g/mol. The first-order chi connectivity index (χ1) is 8.83. The van der Waals surface area contributed by atoms with Gasteiger partial charge in [0.15, 0.2) is 0 Å². The van der Waals surface area contributed by atoms with Crippen molar-refractivity contribution in [2.24, 2.45) is 0 Å². The van der Waals surface area contributed by atoms with Crippen LogP contribution < -0.4 is 9.80 Å². The predicted octanol–water partition coefficient (Wildman–Crippen LogP) is 3.54. The number of anilines is 2. The molecule has 0 fully saturated rings. The average Bonchev–Trinajstić information content (AvgIpc) is 2.90. The van der Waals surface area contributed by atoms with E-state index >= 15 is 0 Å². The Balaban J connectivity index is 0.00000133. The molecule has 0 spiro atoms. The van der Waals surface area contributed by atoms with Crippen molar-refractivity contribution < 1.29 is 24.5 Å². The molecule has 1 radical (unpaired) electrons. The Morgan fingerprint density at radius 2 is 1.68 bits per heavy atom. The van der Waals surface area contributed by atoms with Crippen LogP contribution in [0, 0.1) is 18.6 Å². The Labute approximate surface area is 125 Å². The van der Waals surface area contributed by atoms with Gasteiger partial charge in [-0.05, 0) is 24.5 Å². The summed E-state index contributed by atoms with van der Waals surface area (Å²) in [4.78, 5) is 3.89. The van der Waals surface area contributed by atoms with Crippen molar-refractivity contribution in [2.75, 3.05) is 9.80 Å². The zero-order valence-electron chi connectivity index (χ0n) is 9.96. The third kappa shape index (κ3) is 3.03. The Hall–Kier alpha value is -1.64. The molecule has 1 aliphatic heterocycles. The van der Waals surface area contributed by atoms with Gasteiger partial charge in [-0.3, -0.25) is 4.39 Å². The molecule has 99 valence electrons. The number of rotatable bonds is 2. The molecule has 0 atom stereocenters. The second kappa shape index (κ2) is 6.00. The van der Waals surface area contributed by atoms with Crippen LogP contribution in [0.5, 0.6) is 0 Å². The van der Waals surface area contributed by atoms with Crippen LogP contribution >= 0.6 is 0 Å². The summed E-state index contributed by atoms with van der Waals surface area (Å²) < 4.78 is 12.8. The van der Waals surface area contributed by atoms with Gasteiger partial charge in [-0.1, -0.05) is 18.2 Å². The predicted molar refractivity (Wildman–Crippen MR) is 70.1 cm³/mol. The summed E-state index contributed by atoms with van der Waals surface area (Å²) in [6, 6.07) is 17.4. The van der Waals surface area contributed by atoms with Gasteiger partial charge in [0.25, 0.3) is 0 Å². The summed E-state index contributed by atoms with van der Waals surface area (Å²) in [5.41, 5.74) is 1.89. The van der Waals surface area contributed by atoms with Gasteiger partial charge in [-0.15, -0.1) is 30.6 Å².